The van der Waals surface area contributed by atoms with E-state index in [1.807, 2.05) is 29.5 Å². The fourth-order valence-electron chi connectivity index (χ4n) is 7.90. The van der Waals surface area contributed by atoms with Gasteiger partial charge in [0.2, 0.25) is 0 Å². The van der Waals surface area contributed by atoms with Gasteiger partial charge in [-0.2, -0.15) is 0 Å². The topological polar surface area (TPSA) is 25.8 Å². The van der Waals surface area contributed by atoms with Crippen LogP contribution in [-0.2, 0) is 5.41 Å². The lowest BCUT2D eigenvalue weighted by Crippen LogP contribution is -2.14. The van der Waals surface area contributed by atoms with Gasteiger partial charge in [-0.3, -0.25) is 0 Å². The molecule has 0 N–H and O–H groups in total. The zero-order valence-electron chi connectivity index (χ0n) is 27.8. The summed E-state index contributed by atoms with van der Waals surface area (Å²) in [5.41, 5.74) is 12.8. The summed E-state index contributed by atoms with van der Waals surface area (Å²) in [5.74, 6) is 0.725. The molecule has 0 amide bonds. The number of hydrogen-bond acceptors (Lipinski definition) is 3. The quantitative estimate of drug-likeness (QED) is 0.188. The molecule has 2 heterocycles. The van der Waals surface area contributed by atoms with Crippen LogP contribution in [0.3, 0.4) is 0 Å². The van der Waals surface area contributed by atoms with Gasteiger partial charge in [-0.05, 0) is 80.6 Å². The van der Waals surface area contributed by atoms with E-state index in [4.69, 9.17) is 9.97 Å². The third-order valence-corrected chi connectivity index (χ3v) is 11.6. The predicted octanol–water partition coefficient (Wildman–Crippen LogP) is 13.0. The van der Waals surface area contributed by atoms with E-state index in [9.17, 15) is 0 Å². The average Bonchev–Trinajstić information content (AvgIpc) is 3.65. The number of aromatic nitrogens is 2. The Morgan fingerprint density at radius 3 is 1.94 bits per heavy atom. The second-order valence-electron chi connectivity index (χ2n) is 13.8. The van der Waals surface area contributed by atoms with Crippen LogP contribution in [-0.4, -0.2) is 9.97 Å². The fourth-order valence-corrected chi connectivity index (χ4v) is 9.05. The van der Waals surface area contributed by atoms with Gasteiger partial charge in [0.15, 0.2) is 5.82 Å². The van der Waals surface area contributed by atoms with Crippen molar-refractivity contribution >= 4 is 42.3 Å². The Balaban J connectivity index is 1.14. The van der Waals surface area contributed by atoms with Crippen molar-refractivity contribution in [1.82, 2.24) is 9.97 Å². The Kier molecular flexibility index (Phi) is 6.43. The van der Waals surface area contributed by atoms with E-state index in [-0.39, 0.29) is 5.41 Å². The van der Waals surface area contributed by atoms with Gasteiger partial charge in [-0.15, -0.1) is 11.3 Å². The van der Waals surface area contributed by atoms with Crippen LogP contribution in [0.4, 0.5) is 0 Å². The van der Waals surface area contributed by atoms with Gasteiger partial charge in [-0.1, -0.05) is 135 Å². The molecule has 3 heteroatoms. The van der Waals surface area contributed by atoms with Gasteiger partial charge >= 0.3 is 0 Å². The van der Waals surface area contributed by atoms with Gasteiger partial charge in [0, 0.05) is 42.3 Å². The first-order chi connectivity index (χ1) is 24.5. The van der Waals surface area contributed by atoms with Gasteiger partial charge in [-0.25, -0.2) is 9.97 Å². The highest BCUT2D eigenvalue weighted by atomic mass is 32.1. The first kappa shape index (κ1) is 29.1. The molecule has 0 saturated heterocycles. The van der Waals surface area contributed by atoms with Crippen LogP contribution in [0.25, 0.3) is 87.1 Å². The first-order valence-corrected chi connectivity index (χ1v) is 18.0. The highest BCUT2D eigenvalue weighted by molar-refractivity contribution is 7.25. The molecular formula is C47H32N2S. The number of benzene rings is 7. The van der Waals surface area contributed by atoms with Gasteiger partial charge < -0.3 is 0 Å². The molecule has 9 aromatic rings. The summed E-state index contributed by atoms with van der Waals surface area (Å²) in [4.78, 5) is 10.3. The van der Waals surface area contributed by atoms with Gasteiger partial charge in [0.05, 0.1) is 11.4 Å². The fraction of sp³-hybridized carbons (Fsp3) is 0.0638. The summed E-state index contributed by atoms with van der Waals surface area (Å²) >= 11 is 1.83. The third kappa shape index (κ3) is 4.54. The summed E-state index contributed by atoms with van der Waals surface area (Å²) in [6, 6.07) is 57.0. The molecule has 236 valence electrons. The number of hydrogen-bond donors (Lipinski definition) is 0. The molecule has 0 radical (unpaired) electrons. The van der Waals surface area contributed by atoms with Crippen LogP contribution in [0.5, 0.6) is 0 Å². The summed E-state index contributed by atoms with van der Waals surface area (Å²) in [5, 5.41) is 5.15. The second-order valence-corrected chi connectivity index (χ2v) is 14.9. The second kappa shape index (κ2) is 11.1. The molecule has 0 fully saturated rings. The summed E-state index contributed by atoms with van der Waals surface area (Å²) in [6.45, 7) is 4.71. The number of fused-ring (bicyclic) bond motifs is 7. The van der Waals surface area contributed by atoms with Crippen molar-refractivity contribution in [2.75, 3.05) is 0 Å². The van der Waals surface area contributed by atoms with Crippen LogP contribution >= 0.6 is 11.3 Å². The zero-order chi connectivity index (χ0) is 33.4. The zero-order valence-corrected chi connectivity index (χ0v) is 28.6. The van der Waals surface area contributed by atoms with Crippen molar-refractivity contribution in [2.24, 2.45) is 0 Å². The SMILES string of the molecule is CC1(C)c2cc3ccccc3cc2-c2c(-c3cccc(-c4cc(-c5ccc6c(c5)sc5ccccc56)nc(-c5ccccc5)n4)c3)cccc21. The van der Waals surface area contributed by atoms with Crippen LogP contribution in [0, 0.1) is 0 Å². The highest BCUT2D eigenvalue weighted by Gasteiger charge is 2.37. The molecule has 0 spiro atoms. The van der Waals surface area contributed by atoms with Crippen LogP contribution in [0.1, 0.15) is 25.0 Å². The van der Waals surface area contributed by atoms with E-state index in [1.54, 1.807) is 0 Å². The maximum Gasteiger partial charge on any atom is 0.160 e. The average molecular weight is 657 g/mol. The van der Waals surface area contributed by atoms with E-state index in [0.717, 1.165) is 33.9 Å². The first-order valence-electron chi connectivity index (χ1n) is 17.2. The van der Waals surface area contributed by atoms with E-state index >= 15 is 0 Å². The third-order valence-electron chi connectivity index (χ3n) is 10.5. The molecule has 0 saturated carbocycles. The smallest absolute Gasteiger partial charge is 0.160 e. The van der Waals surface area contributed by atoms with Crippen molar-refractivity contribution in [2.45, 2.75) is 19.3 Å². The Bertz CT molecular complexity index is 2790. The van der Waals surface area contributed by atoms with Crippen molar-refractivity contribution in [3.8, 4) is 56.2 Å². The molecule has 0 unspecified atom stereocenters. The largest absolute Gasteiger partial charge is 0.228 e. The maximum atomic E-state index is 5.19. The van der Waals surface area contributed by atoms with Crippen molar-refractivity contribution in [1.29, 1.82) is 0 Å². The predicted molar refractivity (Wildman–Crippen MR) is 212 cm³/mol. The van der Waals surface area contributed by atoms with Crippen LogP contribution < -0.4 is 0 Å². The Labute approximate surface area is 295 Å². The number of rotatable bonds is 4. The van der Waals surface area contributed by atoms with E-state index in [1.165, 1.54) is 64.3 Å². The summed E-state index contributed by atoms with van der Waals surface area (Å²) < 4.78 is 2.57. The maximum absolute atomic E-state index is 5.19. The molecule has 2 aromatic heterocycles. The molecule has 0 bridgehead atoms. The molecule has 0 atom stereocenters. The van der Waals surface area contributed by atoms with Crippen molar-refractivity contribution in [3.63, 3.8) is 0 Å². The molecular weight excluding hydrogens is 625 g/mol. The normalized spacial score (nSPS) is 13.2. The minimum atomic E-state index is -0.0933. The molecule has 50 heavy (non-hydrogen) atoms. The van der Waals surface area contributed by atoms with E-state index in [0.29, 0.717) is 0 Å². The Morgan fingerprint density at radius 2 is 1.10 bits per heavy atom. The molecule has 0 aliphatic heterocycles. The molecule has 10 rings (SSSR count). The summed E-state index contributed by atoms with van der Waals surface area (Å²) in [7, 11) is 0. The standard InChI is InChI=1S/C47H32N2S/c1-47(2)39-20-11-19-35(45(39)38-25-30-14-6-7-15-31(30)26-40(38)47)32-16-10-17-33(24-32)41-28-42(49-46(48-41)29-12-4-3-5-13-29)34-22-23-37-36-18-8-9-21-43(36)50-44(37)27-34/h3-28H,1-2H3. The summed E-state index contributed by atoms with van der Waals surface area (Å²) in [6.07, 6.45) is 0. The van der Waals surface area contributed by atoms with Crippen LogP contribution in [0.15, 0.2) is 158 Å². The Hall–Kier alpha value is -5.90. The molecule has 2 nitrogen and oxygen atoms in total. The highest BCUT2D eigenvalue weighted by Crippen LogP contribution is 2.53. The lowest BCUT2D eigenvalue weighted by atomic mass is 9.81. The monoisotopic (exact) mass is 656 g/mol. The molecule has 7 aromatic carbocycles. The van der Waals surface area contributed by atoms with Crippen molar-refractivity contribution in [3.05, 3.63) is 169 Å². The number of nitrogens with zero attached hydrogens (tertiary/aromatic N) is 2. The minimum Gasteiger partial charge on any atom is -0.228 e. The van der Waals surface area contributed by atoms with Crippen molar-refractivity contribution < 1.29 is 0 Å². The van der Waals surface area contributed by atoms with Gasteiger partial charge in [0.25, 0.3) is 0 Å². The van der Waals surface area contributed by atoms with E-state index in [2.05, 4.69) is 153 Å². The number of thiophene rings is 1. The van der Waals surface area contributed by atoms with E-state index < -0.39 is 0 Å². The lowest BCUT2D eigenvalue weighted by molar-refractivity contribution is 0.661. The molecule has 1 aliphatic carbocycles. The van der Waals surface area contributed by atoms with Crippen LogP contribution in [0.2, 0.25) is 0 Å². The van der Waals surface area contributed by atoms with Gasteiger partial charge in [0.1, 0.15) is 0 Å². The Morgan fingerprint density at radius 1 is 0.440 bits per heavy atom. The lowest BCUT2D eigenvalue weighted by Gasteiger charge is -2.22. The molecule has 1 aliphatic rings. The minimum absolute atomic E-state index is 0.0933.